The van der Waals surface area contributed by atoms with Crippen LogP contribution in [0.2, 0.25) is 0 Å². The van der Waals surface area contributed by atoms with Crippen molar-refractivity contribution in [2.75, 3.05) is 6.61 Å². The van der Waals surface area contributed by atoms with Gasteiger partial charge in [0.1, 0.15) is 0 Å². The van der Waals surface area contributed by atoms with Gasteiger partial charge in [-0.05, 0) is 67.6 Å². The summed E-state index contributed by atoms with van der Waals surface area (Å²) in [5.41, 5.74) is 0.594. The first-order valence-corrected chi connectivity index (χ1v) is 9.10. The summed E-state index contributed by atoms with van der Waals surface area (Å²) in [6.07, 6.45) is 11.9. The van der Waals surface area contributed by atoms with Crippen LogP contribution in [0.25, 0.3) is 0 Å². The molecule has 2 heteroatoms. The zero-order valence-corrected chi connectivity index (χ0v) is 13.8. The molecule has 8 unspecified atom stereocenters. The van der Waals surface area contributed by atoms with Gasteiger partial charge in [0.2, 0.25) is 0 Å². The lowest BCUT2D eigenvalue weighted by Crippen LogP contribution is -2.43. The second-order valence-corrected chi connectivity index (χ2v) is 8.08. The van der Waals surface area contributed by atoms with E-state index in [1.54, 1.807) is 0 Å². The van der Waals surface area contributed by atoms with E-state index < -0.39 is 0 Å². The zero-order chi connectivity index (χ0) is 14.6. The summed E-state index contributed by atoms with van der Waals surface area (Å²) in [5.74, 6) is 4.27. The fraction of sp³-hybridized carbons (Fsp3) is 0.895. The molecule has 2 nitrogen and oxygen atoms in total. The van der Waals surface area contributed by atoms with Gasteiger partial charge < -0.3 is 9.47 Å². The van der Waals surface area contributed by atoms with E-state index in [2.05, 4.69) is 32.9 Å². The molecule has 118 valence electrons. The molecule has 0 N–H and O–H groups in total. The van der Waals surface area contributed by atoms with Crippen molar-refractivity contribution >= 4 is 0 Å². The van der Waals surface area contributed by atoms with E-state index in [1.165, 1.54) is 25.7 Å². The van der Waals surface area contributed by atoms with Gasteiger partial charge in [0, 0.05) is 6.61 Å². The van der Waals surface area contributed by atoms with Crippen molar-refractivity contribution < 1.29 is 9.47 Å². The van der Waals surface area contributed by atoms with Gasteiger partial charge >= 0.3 is 0 Å². The van der Waals surface area contributed by atoms with Crippen LogP contribution in [-0.2, 0) is 9.47 Å². The number of rotatable bonds is 6. The summed E-state index contributed by atoms with van der Waals surface area (Å²) in [5, 5.41) is 0. The van der Waals surface area contributed by atoms with Crippen LogP contribution < -0.4 is 0 Å². The van der Waals surface area contributed by atoms with Gasteiger partial charge in [0.05, 0.1) is 6.10 Å². The van der Waals surface area contributed by atoms with Crippen LogP contribution in [0.3, 0.4) is 0 Å². The van der Waals surface area contributed by atoms with Crippen LogP contribution in [0.5, 0.6) is 0 Å². The van der Waals surface area contributed by atoms with Gasteiger partial charge in [-0.2, -0.15) is 0 Å². The maximum Gasteiger partial charge on any atom is 0.155 e. The second-order valence-electron chi connectivity index (χ2n) is 8.08. The molecule has 0 radical (unpaired) electrons. The van der Waals surface area contributed by atoms with Crippen molar-refractivity contribution in [2.24, 2.45) is 35.0 Å². The van der Waals surface area contributed by atoms with E-state index in [0.29, 0.717) is 11.5 Å². The highest BCUT2D eigenvalue weighted by Crippen LogP contribution is 2.72. The smallest absolute Gasteiger partial charge is 0.155 e. The summed E-state index contributed by atoms with van der Waals surface area (Å²) < 4.78 is 12.1. The Morgan fingerprint density at radius 2 is 2.10 bits per heavy atom. The quantitative estimate of drug-likeness (QED) is 0.312. The summed E-state index contributed by atoms with van der Waals surface area (Å²) in [6.45, 7) is 7.71. The Kier molecular flexibility index (Phi) is 3.46. The maximum absolute atomic E-state index is 6.31. The molecule has 4 aliphatic rings. The molecule has 0 aromatic rings. The Balaban J connectivity index is 1.40. The number of allylic oxidation sites excluding steroid dienone is 2. The molecule has 4 aliphatic carbocycles. The van der Waals surface area contributed by atoms with Crippen LogP contribution in [0, 0.1) is 35.0 Å². The number of hydrogen-bond acceptors (Lipinski definition) is 2. The number of hydrogen-bond donors (Lipinski definition) is 0. The van der Waals surface area contributed by atoms with Crippen LogP contribution in [-0.4, -0.2) is 19.0 Å². The molecule has 0 aromatic heterocycles. The Labute approximate surface area is 129 Å². The molecular formula is C19H30O2. The van der Waals surface area contributed by atoms with Gasteiger partial charge in [-0.3, -0.25) is 0 Å². The van der Waals surface area contributed by atoms with Crippen molar-refractivity contribution in [1.29, 1.82) is 0 Å². The van der Waals surface area contributed by atoms with Gasteiger partial charge in [-0.15, -0.1) is 0 Å². The molecule has 21 heavy (non-hydrogen) atoms. The third kappa shape index (κ3) is 1.98. The largest absolute Gasteiger partial charge is 0.353 e. The lowest BCUT2D eigenvalue weighted by atomic mass is 9.61. The monoisotopic (exact) mass is 290 g/mol. The Bertz CT molecular complexity index is 431. The molecule has 4 rings (SSSR count). The average molecular weight is 290 g/mol. The first-order valence-electron chi connectivity index (χ1n) is 9.10. The third-order valence-electron chi connectivity index (χ3n) is 7.20. The highest BCUT2D eigenvalue weighted by atomic mass is 16.7. The molecule has 3 saturated carbocycles. The summed E-state index contributed by atoms with van der Waals surface area (Å²) in [7, 11) is 0. The lowest BCUT2D eigenvalue weighted by molar-refractivity contribution is -0.183. The fourth-order valence-electron chi connectivity index (χ4n) is 6.27. The van der Waals surface area contributed by atoms with E-state index in [1.807, 2.05) is 0 Å². The molecule has 0 heterocycles. The topological polar surface area (TPSA) is 18.5 Å². The van der Waals surface area contributed by atoms with Crippen LogP contribution in [0.4, 0.5) is 0 Å². The van der Waals surface area contributed by atoms with E-state index in [4.69, 9.17) is 9.47 Å². The standard InChI is InChI=1S/C19H30O2/c1-4-5-8-20-12(2)21-17-11-15-10-16(17)18-13-6-7-14(9-13)19(15,18)3/h6-7,12-18H,4-5,8-11H2,1-3H3. The average Bonchev–Trinajstić information content (AvgIpc) is 3.16. The summed E-state index contributed by atoms with van der Waals surface area (Å²) in [6, 6.07) is 0. The maximum atomic E-state index is 6.31. The first-order chi connectivity index (χ1) is 10.1. The molecule has 3 fully saturated rings. The Hall–Kier alpha value is -0.340. The van der Waals surface area contributed by atoms with E-state index in [9.17, 15) is 0 Å². The predicted octanol–water partition coefficient (Wildman–Crippen LogP) is 4.40. The van der Waals surface area contributed by atoms with Crippen molar-refractivity contribution in [3.05, 3.63) is 12.2 Å². The van der Waals surface area contributed by atoms with E-state index in [0.717, 1.165) is 42.6 Å². The minimum Gasteiger partial charge on any atom is -0.353 e. The normalized spacial score (nSPS) is 50.8. The predicted molar refractivity (Wildman–Crippen MR) is 83.7 cm³/mol. The summed E-state index contributed by atoms with van der Waals surface area (Å²) in [4.78, 5) is 0. The molecular weight excluding hydrogens is 260 g/mol. The highest BCUT2D eigenvalue weighted by Gasteiger charge is 2.67. The van der Waals surface area contributed by atoms with Crippen molar-refractivity contribution in [1.82, 2.24) is 0 Å². The Morgan fingerprint density at radius 3 is 2.90 bits per heavy atom. The second kappa shape index (κ2) is 5.09. The highest BCUT2D eigenvalue weighted by molar-refractivity contribution is 5.25. The molecule has 0 saturated heterocycles. The molecule has 8 atom stereocenters. The minimum absolute atomic E-state index is 0.0266. The molecule has 0 aliphatic heterocycles. The van der Waals surface area contributed by atoms with Gasteiger partial charge in [0.15, 0.2) is 6.29 Å². The Morgan fingerprint density at radius 1 is 1.24 bits per heavy atom. The van der Waals surface area contributed by atoms with Crippen LogP contribution >= 0.6 is 0 Å². The molecule has 0 spiro atoms. The molecule has 4 bridgehead atoms. The van der Waals surface area contributed by atoms with Gasteiger partial charge in [0.25, 0.3) is 0 Å². The molecule has 0 amide bonds. The van der Waals surface area contributed by atoms with Crippen LogP contribution in [0.1, 0.15) is 52.9 Å². The van der Waals surface area contributed by atoms with Crippen molar-refractivity contribution in [3.63, 3.8) is 0 Å². The van der Waals surface area contributed by atoms with E-state index in [-0.39, 0.29) is 6.29 Å². The first kappa shape index (κ1) is 14.3. The van der Waals surface area contributed by atoms with Crippen molar-refractivity contribution in [3.8, 4) is 0 Å². The summed E-state index contributed by atoms with van der Waals surface area (Å²) >= 11 is 0. The molecule has 0 aromatic carbocycles. The van der Waals surface area contributed by atoms with E-state index >= 15 is 0 Å². The minimum atomic E-state index is -0.0266. The van der Waals surface area contributed by atoms with Gasteiger partial charge in [-0.1, -0.05) is 32.4 Å². The van der Waals surface area contributed by atoms with Gasteiger partial charge in [-0.25, -0.2) is 0 Å². The number of fused-ring (bicyclic) bond motifs is 9. The SMILES string of the molecule is CCCCOC(C)OC1CC2CC1C1C3C=CC(C3)C21C. The zero-order valence-electron chi connectivity index (χ0n) is 13.8. The fourth-order valence-corrected chi connectivity index (χ4v) is 6.27. The van der Waals surface area contributed by atoms with Crippen LogP contribution in [0.15, 0.2) is 12.2 Å². The third-order valence-corrected chi connectivity index (χ3v) is 7.20. The number of unbranched alkanes of at least 4 members (excludes halogenated alkanes) is 1. The number of ether oxygens (including phenoxy) is 2. The van der Waals surface area contributed by atoms with Crippen molar-refractivity contribution in [2.45, 2.75) is 65.3 Å². The lowest BCUT2D eigenvalue weighted by Gasteiger charge is -2.45.